The molecule has 2 aliphatic heterocycles. The zero-order valence-electron chi connectivity index (χ0n) is 19.1. The molecule has 6 nitrogen and oxygen atoms in total. The maximum atomic E-state index is 14.9. The number of aromatic hydroxyl groups is 1. The summed E-state index contributed by atoms with van der Waals surface area (Å²) in [6.07, 6.45) is -14.4. The number of pyridine rings is 1. The first-order valence-electron chi connectivity index (χ1n) is 11.0. The standard InChI is InChI=1S/C23H22F7N3O3/c1-12-5-3-4-6-14(12)17-13(11-21(24,22(25,26)27)23(28,29)30)7-8-16-31(2)20(36)18-19(35)15(34)9-10-32(18)33(16)17/h3-6,9-10,13,16-17,35H,7-8,11H2,1-2H3. The summed E-state index contributed by atoms with van der Waals surface area (Å²) in [4.78, 5) is 26.1. The van der Waals surface area contributed by atoms with Gasteiger partial charge in [-0.1, -0.05) is 24.3 Å². The van der Waals surface area contributed by atoms with Crippen LogP contribution < -0.4 is 10.4 Å². The number of rotatable bonds is 3. The highest BCUT2D eigenvalue weighted by Crippen LogP contribution is 2.54. The van der Waals surface area contributed by atoms with E-state index in [-0.39, 0.29) is 12.8 Å². The van der Waals surface area contributed by atoms with Crippen LogP contribution in [-0.4, -0.2) is 51.8 Å². The first-order valence-corrected chi connectivity index (χ1v) is 11.0. The van der Waals surface area contributed by atoms with E-state index >= 15 is 0 Å². The predicted octanol–water partition coefficient (Wildman–Crippen LogP) is 4.59. The zero-order chi connectivity index (χ0) is 26.8. The number of amides is 1. The Labute approximate surface area is 200 Å². The van der Waals surface area contributed by atoms with Crippen LogP contribution in [0.3, 0.4) is 0 Å². The molecule has 1 fully saturated rings. The van der Waals surface area contributed by atoms with Crippen LogP contribution in [0.1, 0.15) is 46.9 Å². The highest BCUT2D eigenvalue weighted by molar-refractivity contribution is 5.96. The van der Waals surface area contributed by atoms with Crippen LogP contribution in [0.25, 0.3) is 0 Å². The second kappa shape index (κ2) is 8.41. The summed E-state index contributed by atoms with van der Waals surface area (Å²) in [5.41, 5.74) is -6.00. The minimum absolute atomic E-state index is 0.0760. The van der Waals surface area contributed by atoms with Crippen molar-refractivity contribution in [1.82, 2.24) is 9.58 Å². The minimum Gasteiger partial charge on any atom is -0.502 e. The van der Waals surface area contributed by atoms with Gasteiger partial charge in [-0.25, -0.2) is 4.39 Å². The largest absolute Gasteiger partial charge is 0.502 e. The molecule has 3 unspecified atom stereocenters. The number of hydrogen-bond donors (Lipinski definition) is 1. The van der Waals surface area contributed by atoms with Crippen LogP contribution in [0.5, 0.6) is 5.75 Å². The molecule has 0 radical (unpaired) electrons. The smallest absolute Gasteiger partial charge is 0.431 e. The molecule has 0 saturated carbocycles. The molecule has 3 atom stereocenters. The van der Waals surface area contributed by atoms with Crippen molar-refractivity contribution in [2.24, 2.45) is 5.92 Å². The van der Waals surface area contributed by atoms with Gasteiger partial charge in [-0.05, 0) is 36.8 Å². The third-order valence-electron chi connectivity index (χ3n) is 7.05. The number of hydrogen-bond acceptors (Lipinski definition) is 4. The third-order valence-corrected chi connectivity index (χ3v) is 7.05. The monoisotopic (exact) mass is 521 g/mol. The molecular formula is C23H22F7N3O3. The number of alkyl halides is 7. The fourth-order valence-electron chi connectivity index (χ4n) is 5.20. The Hall–Kier alpha value is -3.25. The fraction of sp³-hybridized carbons (Fsp3) is 0.478. The molecule has 1 aromatic carbocycles. The van der Waals surface area contributed by atoms with Crippen LogP contribution in [0.4, 0.5) is 30.7 Å². The molecule has 1 N–H and O–H groups in total. The van der Waals surface area contributed by atoms with E-state index in [1.807, 2.05) is 0 Å². The number of aromatic nitrogens is 1. The van der Waals surface area contributed by atoms with E-state index in [4.69, 9.17) is 0 Å². The molecule has 0 spiro atoms. The number of piperidine rings is 1. The van der Waals surface area contributed by atoms with Crippen LogP contribution in [0, 0.1) is 12.8 Å². The van der Waals surface area contributed by atoms with E-state index in [1.165, 1.54) is 18.1 Å². The average molecular weight is 521 g/mol. The Bertz CT molecular complexity index is 1230. The summed E-state index contributed by atoms with van der Waals surface area (Å²) in [7, 11) is 1.35. The minimum atomic E-state index is -6.21. The van der Waals surface area contributed by atoms with E-state index < -0.39 is 65.3 Å². The zero-order valence-corrected chi connectivity index (χ0v) is 19.1. The van der Waals surface area contributed by atoms with Crippen molar-refractivity contribution in [1.29, 1.82) is 0 Å². The molecule has 2 aromatic rings. The van der Waals surface area contributed by atoms with Crippen molar-refractivity contribution in [3.8, 4) is 5.75 Å². The molecule has 13 heteroatoms. The Morgan fingerprint density at radius 3 is 2.17 bits per heavy atom. The number of nitrogens with zero attached hydrogens (tertiary/aromatic N) is 3. The van der Waals surface area contributed by atoms with Gasteiger partial charge in [-0.3, -0.25) is 19.3 Å². The Kier molecular flexibility index (Phi) is 6.03. The maximum Gasteiger partial charge on any atom is 0.431 e. The third kappa shape index (κ3) is 3.79. The average Bonchev–Trinajstić information content (AvgIpc) is 2.78. The van der Waals surface area contributed by atoms with Gasteiger partial charge in [0.05, 0.1) is 6.04 Å². The lowest BCUT2D eigenvalue weighted by atomic mass is 9.76. The molecule has 196 valence electrons. The summed E-state index contributed by atoms with van der Waals surface area (Å²) in [5.74, 6) is -3.17. The Balaban J connectivity index is 1.94. The number of carbonyl (C=O) groups excluding carboxylic acids is 1. The summed E-state index contributed by atoms with van der Waals surface area (Å²) >= 11 is 0. The second-order valence-corrected chi connectivity index (χ2v) is 9.14. The summed E-state index contributed by atoms with van der Waals surface area (Å²) in [6.45, 7) is 1.61. The highest BCUT2D eigenvalue weighted by atomic mass is 19.4. The topological polar surface area (TPSA) is 65.8 Å². The van der Waals surface area contributed by atoms with Gasteiger partial charge in [0.2, 0.25) is 5.43 Å². The van der Waals surface area contributed by atoms with E-state index in [0.717, 1.165) is 21.8 Å². The van der Waals surface area contributed by atoms with Crippen molar-refractivity contribution < 1.29 is 40.6 Å². The Morgan fingerprint density at radius 1 is 0.972 bits per heavy atom. The predicted molar refractivity (Wildman–Crippen MR) is 114 cm³/mol. The van der Waals surface area contributed by atoms with Crippen LogP contribution in [0.2, 0.25) is 0 Å². The fourth-order valence-corrected chi connectivity index (χ4v) is 5.20. The number of fused-ring (bicyclic) bond motifs is 3. The summed E-state index contributed by atoms with van der Waals surface area (Å²) < 4.78 is 97.1. The van der Waals surface area contributed by atoms with Crippen molar-refractivity contribution in [2.75, 3.05) is 12.1 Å². The van der Waals surface area contributed by atoms with Gasteiger partial charge in [0, 0.05) is 25.7 Å². The molecular weight excluding hydrogens is 499 g/mol. The quantitative estimate of drug-likeness (QED) is 0.601. The van der Waals surface area contributed by atoms with Gasteiger partial charge in [0.15, 0.2) is 11.4 Å². The molecule has 1 aromatic heterocycles. The van der Waals surface area contributed by atoms with Gasteiger partial charge in [-0.2, -0.15) is 26.3 Å². The van der Waals surface area contributed by atoms with Crippen molar-refractivity contribution >= 4 is 5.91 Å². The van der Waals surface area contributed by atoms with E-state index in [0.29, 0.717) is 11.1 Å². The normalized spacial score (nSPS) is 22.9. The Morgan fingerprint density at radius 2 is 1.58 bits per heavy atom. The molecule has 1 amide bonds. The lowest BCUT2D eigenvalue weighted by molar-refractivity contribution is -0.346. The molecule has 0 bridgehead atoms. The van der Waals surface area contributed by atoms with E-state index in [2.05, 4.69) is 0 Å². The summed E-state index contributed by atoms with van der Waals surface area (Å²) in [6, 6.07) is 5.95. The summed E-state index contributed by atoms with van der Waals surface area (Å²) in [5, 5.41) is 11.7. The first-order chi connectivity index (χ1) is 16.6. The second-order valence-electron chi connectivity index (χ2n) is 9.14. The molecule has 4 rings (SSSR count). The number of benzene rings is 1. The van der Waals surface area contributed by atoms with Crippen LogP contribution in [0.15, 0.2) is 41.3 Å². The van der Waals surface area contributed by atoms with Gasteiger partial charge in [-0.15, -0.1) is 0 Å². The number of carbonyl (C=O) groups is 1. The van der Waals surface area contributed by atoms with Gasteiger partial charge < -0.3 is 10.0 Å². The number of aryl methyl sites for hydroxylation is 1. The van der Waals surface area contributed by atoms with Gasteiger partial charge >= 0.3 is 12.4 Å². The van der Waals surface area contributed by atoms with Gasteiger partial charge in [0.25, 0.3) is 11.6 Å². The van der Waals surface area contributed by atoms with Crippen molar-refractivity contribution in [3.63, 3.8) is 0 Å². The van der Waals surface area contributed by atoms with E-state index in [9.17, 15) is 45.4 Å². The SMILES string of the molecule is Cc1ccccc1C1C(CC(F)(C(F)(F)F)C(F)(F)F)CCC2N(C)C(=O)c3c(O)c(=O)ccn3N12. The number of halogens is 7. The van der Waals surface area contributed by atoms with Gasteiger partial charge in [0.1, 0.15) is 6.17 Å². The molecule has 36 heavy (non-hydrogen) atoms. The van der Waals surface area contributed by atoms with Crippen molar-refractivity contribution in [3.05, 3.63) is 63.6 Å². The van der Waals surface area contributed by atoms with Crippen molar-refractivity contribution in [2.45, 2.75) is 56.4 Å². The van der Waals surface area contributed by atoms with Crippen LogP contribution in [-0.2, 0) is 0 Å². The first kappa shape index (κ1) is 25.8. The maximum absolute atomic E-state index is 14.9. The lowest BCUT2D eigenvalue weighted by Gasteiger charge is -2.54. The van der Waals surface area contributed by atoms with E-state index in [1.54, 1.807) is 25.1 Å². The lowest BCUT2D eigenvalue weighted by Crippen LogP contribution is -2.65. The molecule has 0 aliphatic carbocycles. The molecule has 2 aliphatic rings. The molecule has 1 saturated heterocycles. The highest BCUT2D eigenvalue weighted by Gasteiger charge is 2.73. The molecule has 3 heterocycles. The van der Waals surface area contributed by atoms with Crippen LogP contribution >= 0.6 is 0 Å².